The average Bonchev–Trinajstić information content (AvgIpc) is 2.26. The highest BCUT2D eigenvalue weighted by atomic mass is 35.5. The monoisotopic (exact) mass is 319 g/mol. The third kappa shape index (κ3) is 5.27. The van der Waals surface area contributed by atoms with Gasteiger partial charge in [-0.2, -0.15) is 0 Å². The average molecular weight is 320 g/mol. The molecule has 6 heteroatoms. The van der Waals surface area contributed by atoms with E-state index in [2.05, 4.69) is 0 Å². The van der Waals surface area contributed by atoms with Gasteiger partial charge in [0.25, 0.3) is 5.69 Å². The van der Waals surface area contributed by atoms with Crippen LogP contribution < -0.4 is 0 Å². The first kappa shape index (κ1) is 17.2. The highest BCUT2D eigenvalue weighted by Gasteiger charge is 2.29. The molecule has 0 N–H and O–H groups in total. The number of benzene rings is 1. The van der Waals surface area contributed by atoms with Gasteiger partial charge in [0.2, 0.25) is 0 Å². The van der Waals surface area contributed by atoms with Crippen molar-refractivity contribution in [1.82, 2.24) is 0 Å². The fourth-order valence-electron chi connectivity index (χ4n) is 2.65. The minimum atomic E-state index is -0.339. The lowest BCUT2D eigenvalue weighted by Gasteiger charge is -2.36. The Labute approximate surface area is 130 Å². The number of alkyl halides is 2. The van der Waals surface area contributed by atoms with Gasteiger partial charge >= 0.3 is 0 Å². The van der Waals surface area contributed by atoms with Crippen LogP contribution in [0.1, 0.15) is 19.4 Å². The molecule has 20 heavy (non-hydrogen) atoms. The second-order valence-electron chi connectivity index (χ2n) is 5.59. The zero-order valence-corrected chi connectivity index (χ0v) is 13.6. The molecule has 0 spiro atoms. The first-order chi connectivity index (χ1) is 9.23. The van der Waals surface area contributed by atoms with Gasteiger partial charge in [0.1, 0.15) is 6.54 Å². The van der Waals surface area contributed by atoms with Gasteiger partial charge in [-0.25, -0.2) is 0 Å². The molecule has 1 aromatic rings. The standard InChI is InChI=1S/C14H21Cl2N2O2/c1-11(15)8-18(3,9-12(2)16)10-13-6-4-5-7-14(13)17(19)20/h4-7,11-12H,8-10H2,1-3H3/q+1/t11-,12-/m0/s1. The Kier molecular flexibility index (Phi) is 6.24. The van der Waals surface area contributed by atoms with E-state index in [1.807, 2.05) is 27.0 Å². The number of nitro groups is 1. The quantitative estimate of drug-likeness (QED) is 0.332. The SMILES string of the molecule is C[C@H](Cl)C[N+](C)(Cc1ccccc1[N+](=O)[O-])C[C@H](C)Cl. The molecule has 2 atom stereocenters. The number of halogens is 2. The van der Waals surface area contributed by atoms with Crippen molar-refractivity contribution in [3.8, 4) is 0 Å². The summed E-state index contributed by atoms with van der Waals surface area (Å²) in [6, 6.07) is 6.83. The number of quaternary nitrogens is 1. The largest absolute Gasteiger partial charge is 0.320 e. The minimum absolute atomic E-state index is 0.0156. The van der Waals surface area contributed by atoms with Crippen molar-refractivity contribution in [1.29, 1.82) is 0 Å². The van der Waals surface area contributed by atoms with Gasteiger partial charge in [-0.15, -0.1) is 23.2 Å². The van der Waals surface area contributed by atoms with Crippen molar-refractivity contribution in [2.45, 2.75) is 31.1 Å². The second kappa shape index (κ2) is 7.25. The van der Waals surface area contributed by atoms with Crippen LogP contribution in [0.2, 0.25) is 0 Å². The lowest BCUT2D eigenvalue weighted by molar-refractivity contribution is -0.921. The number of hydrogen-bond acceptors (Lipinski definition) is 2. The van der Waals surface area contributed by atoms with Crippen molar-refractivity contribution in [3.63, 3.8) is 0 Å². The number of para-hydroxylation sites is 1. The molecule has 1 rings (SSSR count). The van der Waals surface area contributed by atoms with Crippen LogP contribution in [-0.2, 0) is 6.54 Å². The van der Waals surface area contributed by atoms with Gasteiger partial charge in [0.05, 0.1) is 41.4 Å². The first-order valence-electron chi connectivity index (χ1n) is 6.57. The molecule has 0 bridgehead atoms. The van der Waals surface area contributed by atoms with Gasteiger partial charge in [-0.05, 0) is 19.9 Å². The Bertz CT molecular complexity index is 454. The lowest BCUT2D eigenvalue weighted by atomic mass is 10.1. The summed E-state index contributed by atoms with van der Waals surface area (Å²) in [7, 11) is 2.04. The van der Waals surface area contributed by atoms with Crippen LogP contribution in [0.3, 0.4) is 0 Å². The third-order valence-corrected chi connectivity index (χ3v) is 3.40. The molecule has 112 valence electrons. The maximum atomic E-state index is 11.1. The molecular formula is C14H21Cl2N2O2+. The number of rotatable bonds is 7. The molecule has 0 aromatic heterocycles. The Hall–Kier alpha value is -0.840. The molecule has 0 amide bonds. The summed E-state index contributed by atoms with van der Waals surface area (Å²) >= 11 is 12.2. The van der Waals surface area contributed by atoms with E-state index in [4.69, 9.17) is 23.2 Å². The summed E-state index contributed by atoms with van der Waals surface area (Å²) in [6.07, 6.45) is 0. The van der Waals surface area contributed by atoms with E-state index in [9.17, 15) is 10.1 Å². The van der Waals surface area contributed by atoms with Crippen LogP contribution in [0.5, 0.6) is 0 Å². The molecule has 0 fully saturated rings. The maximum absolute atomic E-state index is 11.1. The van der Waals surface area contributed by atoms with E-state index < -0.39 is 0 Å². The number of nitrogens with zero attached hydrogens (tertiary/aromatic N) is 2. The Morgan fingerprint density at radius 3 is 2.15 bits per heavy atom. The second-order valence-corrected chi connectivity index (χ2v) is 7.08. The molecule has 4 nitrogen and oxygen atoms in total. The number of nitro benzene ring substituents is 1. The molecule has 0 saturated carbocycles. The van der Waals surface area contributed by atoms with Crippen LogP contribution in [0.15, 0.2) is 24.3 Å². The highest BCUT2D eigenvalue weighted by Crippen LogP contribution is 2.24. The molecule has 0 unspecified atom stereocenters. The van der Waals surface area contributed by atoms with Gasteiger partial charge in [0, 0.05) is 6.07 Å². The van der Waals surface area contributed by atoms with Gasteiger partial charge in [-0.1, -0.05) is 12.1 Å². The van der Waals surface area contributed by atoms with Crippen LogP contribution >= 0.6 is 23.2 Å². The normalized spacial score (nSPS) is 14.8. The van der Waals surface area contributed by atoms with E-state index in [1.54, 1.807) is 12.1 Å². The Balaban J connectivity index is 3.03. The zero-order chi connectivity index (χ0) is 15.3. The van der Waals surface area contributed by atoms with E-state index in [0.717, 1.165) is 5.56 Å². The topological polar surface area (TPSA) is 43.1 Å². The predicted octanol–water partition coefficient (Wildman–Crippen LogP) is 3.80. The van der Waals surface area contributed by atoms with E-state index in [-0.39, 0.29) is 21.4 Å². The summed E-state index contributed by atoms with van der Waals surface area (Å²) < 4.78 is 0.584. The van der Waals surface area contributed by atoms with Crippen molar-refractivity contribution < 1.29 is 9.41 Å². The first-order valence-corrected chi connectivity index (χ1v) is 7.45. The molecule has 0 aliphatic rings. The molecule has 0 radical (unpaired) electrons. The van der Waals surface area contributed by atoms with Crippen LogP contribution in [-0.4, -0.2) is 40.3 Å². The van der Waals surface area contributed by atoms with Crippen molar-refractivity contribution in [2.75, 3.05) is 20.1 Å². The molecule has 0 heterocycles. The summed E-state index contributed by atoms with van der Waals surface area (Å²) in [6.45, 7) is 5.83. The molecule has 0 aliphatic heterocycles. The van der Waals surface area contributed by atoms with E-state index in [1.165, 1.54) is 6.07 Å². The van der Waals surface area contributed by atoms with Crippen molar-refractivity contribution in [2.24, 2.45) is 0 Å². The zero-order valence-electron chi connectivity index (χ0n) is 12.1. The predicted molar refractivity (Wildman–Crippen MR) is 83.3 cm³/mol. The number of hydrogen-bond donors (Lipinski definition) is 0. The lowest BCUT2D eigenvalue weighted by Crippen LogP contribution is -2.49. The van der Waals surface area contributed by atoms with Crippen LogP contribution in [0, 0.1) is 10.1 Å². The molecule has 1 aromatic carbocycles. The smallest absolute Gasteiger partial charge is 0.278 e. The van der Waals surface area contributed by atoms with Gasteiger partial charge < -0.3 is 4.48 Å². The van der Waals surface area contributed by atoms with Gasteiger partial charge in [0.15, 0.2) is 0 Å². The van der Waals surface area contributed by atoms with Crippen LogP contribution in [0.4, 0.5) is 5.69 Å². The van der Waals surface area contributed by atoms with Crippen LogP contribution in [0.25, 0.3) is 0 Å². The molecule has 0 aliphatic carbocycles. The summed E-state index contributed by atoms with van der Waals surface area (Å²) in [4.78, 5) is 10.8. The maximum Gasteiger partial charge on any atom is 0.278 e. The third-order valence-electron chi connectivity index (χ3n) is 3.13. The van der Waals surface area contributed by atoms with Gasteiger partial charge in [-0.3, -0.25) is 10.1 Å². The fraction of sp³-hybridized carbons (Fsp3) is 0.571. The van der Waals surface area contributed by atoms with Crippen molar-refractivity contribution >= 4 is 28.9 Å². The van der Waals surface area contributed by atoms with E-state index >= 15 is 0 Å². The summed E-state index contributed by atoms with van der Waals surface area (Å²) in [5.41, 5.74) is 0.871. The Morgan fingerprint density at radius 1 is 1.20 bits per heavy atom. The van der Waals surface area contributed by atoms with E-state index in [0.29, 0.717) is 24.1 Å². The minimum Gasteiger partial charge on any atom is -0.320 e. The molecular weight excluding hydrogens is 299 g/mol. The summed E-state index contributed by atoms with van der Waals surface area (Å²) in [5, 5.41) is 11.1. The fourth-order valence-corrected chi connectivity index (χ4v) is 3.32. The molecule has 0 saturated heterocycles. The summed E-state index contributed by atoms with van der Waals surface area (Å²) in [5.74, 6) is 0. The van der Waals surface area contributed by atoms with Crippen molar-refractivity contribution in [3.05, 3.63) is 39.9 Å². The Morgan fingerprint density at radius 2 is 1.70 bits per heavy atom. The highest BCUT2D eigenvalue weighted by molar-refractivity contribution is 6.20.